The van der Waals surface area contributed by atoms with Gasteiger partial charge in [0.25, 0.3) is 5.91 Å². The van der Waals surface area contributed by atoms with E-state index in [9.17, 15) is 4.79 Å². The van der Waals surface area contributed by atoms with Crippen LogP contribution in [0.1, 0.15) is 35.0 Å². The van der Waals surface area contributed by atoms with Gasteiger partial charge in [0.05, 0.1) is 7.11 Å². The number of methoxy groups -OCH3 is 1. The number of aromatic nitrogens is 1. The molecule has 1 unspecified atom stereocenters. The summed E-state index contributed by atoms with van der Waals surface area (Å²) in [6, 6.07) is 16.7. The molecule has 1 amide bonds. The van der Waals surface area contributed by atoms with Crippen LogP contribution in [-0.4, -0.2) is 42.0 Å². The number of rotatable bonds is 6. The Morgan fingerprint density at radius 1 is 1.21 bits per heavy atom. The summed E-state index contributed by atoms with van der Waals surface area (Å²) in [5, 5.41) is 4.12. The normalized spacial score (nSPS) is 15.2. The first-order chi connectivity index (χ1) is 13.7. The molecule has 1 aromatic heterocycles. The smallest absolute Gasteiger partial charge is 0.267 e. The lowest BCUT2D eigenvalue weighted by Crippen LogP contribution is -2.45. The summed E-state index contributed by atoms with van der Waals surface area (Å²) in [4.78, 5) is 18.4. The summed E-state index contributed by atoms with van der Waals surface area (Å²) < 4.78 is 5.25. The highest BCUT2D eigenvalue weighted by atomic mass is 16.5. The van der Waals surface area contributed by atoms with E-state index >= 15 is 0 Å². The van der Waals surface area contributed by atoms with E-state index in [0.29, 0.717) is 18.3 Å². The second-order valence-electron chi connectivity index (χ2n) is 7.40. The van der Waals surface area contributed by atoms with Gasteiger partial charge in [-0.2, -0.15) is 0 Å². The molecule has 0 saturated heterocycles. The lowest BCUT2D eigenvalue weighted by atomic mass is 9.98. The Morgan fingerprint density at radius 2 is 2.04 bits per heavy atom. The molecule has 5 heteroatoms. The van der Waals surface area contributed by atoms with Crippen LogP contribution in [0.5, 0.6) is 5.75 Å². The molecule has 0 spiro atoms. The molecule has 0 bridgehead atoms. The summed E-state index contributed by atoms with van der Waals surface area (Å²) in [7, 11) is 1.64. The summed E-state index contributed by atoms with van der Waals surface area (Å²) in [5.41, 5.74) is 4.35. The first kappa shape index (κ1) is 18.6. The number of ether oxygens (including phenoxy) is 1. The Bertz CT molecular complexity index is 979. The van der Waals surface area contributed by atoms with Gasteiger partial charge >= 0.3 is 0 Å². The topological polar surface area (TPSA) is 57.4 Å². The van der Waals surface area contributed by atoms with Crippen molar-refractivity contribution in [2.45, 2.75) is 32.4 Å². The first-order valence-electron chi connectivity index (χ1n) is 9.93. The van der Waals surface area contributed by atoms with Gasteiger partial charge in [0.2, 0.25) is 0 Å². The Morgan fingerprint density at radius 3 is 2.82 bits per heavy atom. The molecule has 28 heavy (non-hydrogen) atoms. The summed E-state index contributed by atoms with van der Waals surface area (Å²) in [5.74, 6) is 0.712. The maximum atomic E-state index is 12.7. The van der Waals surface area contributed by atoms with Crippen LogP contribution in [0.25, 0.3) is 10.9 Å². The van der Waals surface area contributed by atoms with E-state index in [2.05, 4.69) is 46.4 Å². The molecule has 2 heterocycles. The Labute approximate surface area is 165 Å². The van der Waals surface area contributed by atoms with Crippen LogP contribution in [-0.2, 0) is 13.0 Å². The van der Waals surface area contributed by atoms with Crippen LogP contribution >= 0.6 is 0 Å². The molecule has 1 aliphatic rings. The van der Waals surface area contributed by atoms with Crippen LogP contribution in [0, 0.1) is 0 Å². The lowest BCUT2D eigenvalue weighted by molar-refractivity contribution is 0.0922. The number of hydrogen-bond acceptors (Lipinski definition) is 3. The molecule has 0 radical (unpaired) electrons. The number of benzene rings is 2. The van der Waals surface area contributed by atoms with Crippen LogP contribution in [0.2, 0.25) is 0 Å². The molecule has 4 rings (SSSR count). The molecule has 2 N–H and O–H groups in total. The molecule has 0 fully saturated rings. The van der Waals surface area contributed by atoms with Crippen LogP contribution in [0.15, 0.2) is 48.5 Å². The van der Waals surface area contributed by atoms with Crippen molar-refractivity contribution in [2.24, 2.45) is 0 Å². The molecule has 146 valence electrons. The monoisotopic (exact) mass is 377 g/mol. The number of H-pyrrole nitrogens is 1. The zero-order valence-corrected chi connectivity index (χ0v) is 16.5. The van der Waals surface area contributed by atoms with E-state index < -0.39 is 0 Å². The summed E-state index contributed by atoms with van der Waals surface area (Å²) >= 11 is 0. The zero-order chi connectivity index (χ0) is 19.5. The standard InChI is InChI=1S/C23H27N3O2/c1-3-19(26-11-10-16-6-4-5-7-18(16)15-26)14-24-23(27)22-12-17-8-9-20(28-2)13-21(17)25-22/h4-9,12-13,19,25H,3,10-11,14-15H2,1-2H3,(H,24,27). The van der Waals surface area contributed by atoms with Gasteiger partial charge in [-0.3, -0.25) is 9.69 Å². The van der Waals surface area contributed by atoms with Crippen molar-refractivity contribution in [3.63, 3.8) is 0 Å². The Kier molecular flexibility index (Phi) is 5.35. The molecular weight excluding hydrogens is 350 g/mol. The third-order valence-electron chi connectivity index (χ3n) is 5.72. The van der Waals surface area contributed by atoms with Crippen LogP contribution in [0.3, 0.4) is 0 Å². The van der Waals surface area contributed by atoms with Gasteiger partial charge < -0.3 is 15.0 Å². The second-order valence-corrected chi connectivity index (χ2v) is 7.40. The fourth-order valence-electron chi connectivity index (χ4n) is 4.02. The van der Waals surface area contributed by atoms with Crippen molar-refractivity contribution in [3.8, 4) is 5.75 Å². The van der Waals surface area contributed by atoms with Gasteiger partial charge in [0.1, 0.15) is 11.4 Å². The number of fused-ring (bicyclic) bond motifs is 2. The van der Waals surface area contributed by atoms with Gasteiger partial charge in [-0.1, -0.05) is 31.2 Å². The molecule has 0 saturated carbocycles. The summed E-state index contributed by atoms with van der Waals surface area (Å²) in [6.45, 7) is 4.83. The average molecular weight is 377 g/mol. The molecule has 2 aromatic carbocycles. The van der Waals surface area contributed by atoms with Gasteiger partial charge in [0, 0.05) is 42.6 Å². The number of aromatic amines is 1. The maximum absolute atomic E-state index is 12.7. The predicted molar refractivity (Wildman–Crippen MR) is 112 cm³/mol. The third kappa shape index (κ3) is 3.76. The van der Waals surface area contributed by atoms with Crippen molar-refractivity contribution >= 4 is 16.8 Å². The SMILES string of the molecule is CCC(CNC(=O)c1cc2ccc(OC)cc2[nH]1)N1CCc2ccccc2C1. The van der Waals surface area contributed by atoms with E-state index in [1.54, 1.807) is 7.11 Å². The van der Waals surface area contributed by atoms with Crippen molar-refractivity contribution < 1.29 is 9.53 Å². The average Bonchev–Trinajstić information content (AvgIpc) is 3.17. The largest absolute Gasteiger partial charge is 0.497 e. The number of amides is 1. The fourth-order valence-corrected chi connectivity index (χ4v) is 4.02. The lowest BCUT2D eigenvalue weighted by Gasteiger charge is -2.35. The Hall–Kier alpha value is -2.79. The van der Waals surface area contributed by atoms with Gasteiger partial charge in [-0.05, 0) is 42.2 Å². The van der Waals surface area contributed by atoms with Crippen molar-refractivity contribution in [3.05, 3.63) is 65.4 Å². The van der Waals surface area contributed by atoms with E-state index in [1.165, 1.54) is 11.1 Å². The van der Waals surface area contributed by atoms with Gasteiger partial charge in [-0.15, -0.1) is 0 Å². The number of hydrogen-bond donors (Lipinski definition) is 2. The van der Waals surface area contributed by atoms with Crippen LogP contribution < -0.4 is 10.1 Å². The maximum Gasteiger partial charge on any atom is 0.267 e. The molecular formula is C23H27N3O2. The number of carbonyl (C=O) groups is 1. The quantitative estimate of drug-likeness (QED) is 0.688. The van der Waals surface area contributed by atoms with Gasteiger partial charge in [-0.25, -0.2) is 0 Å². The van der Waals surface area contributed by atoms with Crippen LogP contribution in [0.4, 0.5) is 0 Å². The minimum absolute atomic E-state index is 0.0639. The van der Waals surface area contributed by atoms with Crippen molar-refractivity contribution in [1.82, 2.24) is 15.2 Å². The highest BCUT2D eigenvalue weighted by Gasteiger charge is 2.23. The third-order valence-corrected chi connectivity index (χ3v) is 5.72. The minimum Gasteiger partial charge on any atom is -0.497 e. The second kappa shape index (κ2) is 8.07. The Balaban J connectivity index is 1.40. The molecule has 1 aliphatic heterocycles. The molecule has 5 nitrogen and oxygen atoms in total. The highest BCUT2D eigenvalue weighted by molar-refractivity contribution is 5.98. The number of nitrogens with one attached hydrogen (secondary N) is 2. The fraction of sp³-hybridized carbons (Fsp3) is 0.348. The summed E-state index contributed by atoms with van der Waals surface area (Å²) in [6.07, 6.45) is 2.08. The molecule has 1 atom stereocenters. The zero-order valence-electron chi connectivity index (χ0n) is 16.5. The van der Waals surface area contributed by atoms with Crippen molar-refractivity contribution in [1.29, 1.82) is 0 Å². The number of carbonyl (C=O) groups excluding carboxylic acids is 1. The first-order valence-corrected chi connectivity index (χ1v) is 9.93. The predicted octanol–water partition coefficient (Wildman–Crippen LogP) is 3.74. The van der Waals surface area contributed by atoms with E-state index in [1.807, 2.05) is 24.3 Å². The van der Waals surface area contributed by atoms with E-state index in [-0.39, 0.29) is 5.91 Å². The van der Waals surface area contributed by atoms with Crippen molar-refractivity contribution in [2.75, 3.05) is 20.2 Å². The van der Waals surface area contributed by atoms with E-state index in [4.69, 9.17) is 4.74 Å². The van der Waals surface area contributed by atoms with Gasteiger partial charge in [0.15, 0.2) is 0 Å². The molecule has 3 aromatic rings. The highest BCUT2D eigenvalue weighted by Crippen LogP contribution is 2.22. The number of nitrogens with zero attached hydrogens (tertiary/aromatic N) is 1. The minimum atomic E-state index is -0.0639. The van der Waals surface area contributed by atoms with E-state index in [0.717, 1.165) is 42.6 Å². The molecule has 0 aliphatic carbocycles.